The van der Waals surface area contributed by atoms with E-state index in [-0.39, 0.29) is 18.0 Å². The van der Waals surface area contributed by atoms with Crippen molar-refractivity contribution < 1.29 is 19.1 Å². The van der Waals surface area contributed by atoms with Gasteiger partial charge in [0.2, 0.25) is 0 Å². The standard InChI is InChI=1S/C45H89N3O4/c1-5-8-11-14-18-24-31-43(30-23-17-12-9-6-2)52-45(50)33-26-20-16-22-28-35-47(40-41-48-38-36-46(4)37-39-48)34-27-21-15-19-25-32-44(49)51-42-29-13-10-7-3/h43H,5-42H2,1-4H3. The second kappa shape index (κ2) is 36.8. The molecule has 0 bridgehead atoms. The van der Waals surface area contributed by atoms with Crippen LogP contribution in [0.2, 0.25) is 0 Å². The van der Waals surface area contributed by atoms with E-state index in [4.69, 9.17) is 9.47 Å². The summed E-state index contributed by atoms with van der Waals surface area (Å²) in [6, 6.07) is 0. The molecule has 308 valence electrons. The fourth-order valence-corrected chi connectivity index (χ4v) is 7.38. The predicted molar refractivity (Wildman–Crippen MR) is 222 cm³/mol. The van der Waals surface area contributed by atoms with Crippen molar-refractivity contribution in [3.8, 4) is 0 Å². The minimum Gasteiger partial charge on any atom is -0.466 e. The number of rotatable bonds is 38. The van der Waals surface area contributed by atoms with Gasteiger partial charge >= 0.3 is 11.9 Å². The highest BCUT2D eigenvalue weighted by Crippen LogP contribution is 2.18. The smallest absolute Gasteiger partial charge is 0.306 e. The highest BCUT2D eigenvalue weighted by molar-refractivity contribution is 5.69. The summed E-state index contributed by atoms with van der Waals surface area (Å²) in [6.07, 6.45) is 33.6. The number of hydrogen-bond acceptors (Lipinski definition) is 7. The maximum atomic E-state index is 12.8. The summed E-state index contributed by atoms with van der Waals surface area (Å²) in [4.78, 5) is 32.6. The first-order valence-corrected chi connectivity index (χ1v) is 23.0. The lowest BCUT2D eigenvalue weighted by atomic mass is 10.0. The third-order valence-electron chi connectivity index (χ3n) is 11.1. The third-order valence-corrected chi connectivity index (χ3v) is 11.1. The molecule has 0 aromatic carbocycles. The van der Waals surface area contributed by atoms with E-state index in [0.717, 1.165) is 57.9 Å². The molecule has 1 fully saturated rings. The Hall–Kier alpha value is -1.18. The summed E-state index contributed by atoms with van der Waals surface area (Å²) < 4.78 is 11.5. The molecule has 7 heteroatoms. The largest absolute Gasteiger partial charge is 0.466 e. The molecule has 1 aliphatic rings. The van der Waals surface area contributed by atoms with Crippen LogP contribution < -0.4 is 0 Å². The Labute approximate surface area is 324 Å². The Kier molecular flexibility index (Phi) is 34.5. The van der Waals surface area contributed by atoms with Gasteiger partial charge in [-0.2, -0.15) is 0 Å². The van der Waals surface area contributed by atoms with E-state index in [1.807, 2.05) is 0 Å². The number of carbonyl (C=O) groups excluding carboxylic acids is 2. The fraction of sp³-hybridized carbons (Fsp3) is 0.956. The van der Waals surface area contributed by atoms with Gasteiger partial charge in [0.1, 0.15) is 6.10 Å². The summed E-state index contributed by atoms with van der Waals surface area (Å²) in [7, 11) is 2.23. The van der Waals surface area contributed by atoms with Crippen LogP contribution in [0, 0.1) is 0 Å². The molecule has 0 aliphatic carbocycles. The van der Waals surface area contributed by atoms with E-state index >= 15 is 0 Å². The molecular weight excluding hydrogens is 647 g/mol. The van der Waals surface area contributed by atoms with Crippen molar-refractivity contribution in [1.82, 2.24) is 14.7 Å². The lowest BCUT2D eigenvalue weighted by Gasteiger charge is -2.34. The van der Waals surface area contributed by atoms with Crippen LogP contribution in [0.4, 0.5) is 0 Å². The molecular formula is C45H89N3O4. The number of nitrogens with zero attached hydrogens (tertiary/aromatic N) is 3. The molecule has 0 amide bonds. The molecule has 7 nitrogen and oxygen atoms in total. The van der Waals surface area contributed by atoms with Crippen LogP contribution in [-0.4, -0.2) is 98.8 Å². The lowest BCUT2D eigenvalue weighted by Crippen LogP contribution is -2.47. The molecule has 1 aliphatic heterocycles. The maximum Gasteiger partial charge on any atom is 0.306 e. The molecule has 1 unspecified atom stereocenters. The van der Waals surface area contributed by atoms with Crippen LogP contribution in [-0.2, 0) is 19.1 Å². The van der Waals surface area contributed by atoms with E-state index in [0.29, 0.717) is 19.4 Å². The third kappa shape index (κ3) is 31.2. The van der Waals surface area contributed by atoms with Crippen LogP contribution in [0.15, 0.2) is 0 Å². The van der Waals surface area contributed by atoms with E-state index in [1.54, 1.807) is 0 Å². The summed E-state index contributed by atoms with van der Waals surface area (Å²) >= 11 is 0. The van der Waals surface area contributed by atoms with Crippen LogP contribution in [0.1, 0.15) is 207 Å². The molecule has 0 spiro atoms. The van der Waals surface area contributed by atoms with Gasteiger partial charge in [-0.25, -0.2) is 0 Å². The van der Waals surface area contributed by atoms with Crippen molar-refractivity contribution in [3.63, 3.8) is 0 Å². The molecule has 0 aromatic heterocycles. The first-order chi connectivity index (χ1) is 25.5. The van der Waals surface area contributed by atoms with Crippen LogP contribution >= 0.6 is 0 Å². The number of ether oxygens (including phenoxy) is 2. The first-order valence-electron chi connectivity index (χ1n) is 23.0. The van der Waals surface area contributed by atoms with Crippen molar-refractivity contribution >= 4 is 11.9 Å². The molecule has 0 saturated carbocycles. The predicted octanol–water partition coefficient (Wildman–Crippen LogP) is 11.4. The normalized spacial score (nSPS) is 14.6. The number of piperazine rings is 1. The molecule has 52 heavy (non-hydrogen) atoms. The second-order valence-electron chi connectivity index (χ2n) is 16.2. The van der Waals surface area contributed by atoms with E-state index in [2.05, 4.69) is 42.5 Å². The zero-order valence-electron chi connectivity index (χ0n) is 35.4. The Morgan fingerprint density at radius 1 is 0.519 bits per heavy atom. The summed E-state index contributed by atoms with van der Waals surface area (Å²) in [5.74, 6) is 0.0276. The number of carbonyl (C=O) groups is 2. The fourth-order valence-electron chi connectivity index (χ4n) is 7.38. The quantitative estimate of drug-likeness (QED) is 0.0462. The minimum atomic E-state index is -0.0116. The SMILES string of the molecule is CCCCCCCCC(CCCCCCC)OC(=O)CCCCCCCN(CCCCCCCC(=O)OCCCCCC)CCN1CCN(C)CC1. The molecule has 1 saturated heterocycles. The van der Waals surface area contributed by atoms with Gasteiger partial charge in [-0.05, 0) is 77.9 Å². The second-order valence-corrected chi connectivity index (χ2v) is 16.2. The summed E-state index contributed by atoms with van der Waals surface area (Å²) in [5, 5.41) is 0. The Balaban J connectivity index is 2.29. The average Bonchev–Trinajstić information content (AvgIpc) is 3.14. The van der Waals surface area contributed by atoms with E-state index in [9.17, 15) is 9.59 Å². The van der Waals surface area contributed by atoms with Crippen molar-refractivity contribution in [2.24, 2.45) is 0 Å². The Morgan fingerprint density at radius 2 is 0.962 bits per heavy atom. The van der Waals surface area contributed by atoms with E-state index in [1.165, 1.54) is 168 Å². The Morgan fingerprint density at radius 3 is 1.50 bits per heavy atom. The van der Waals surface area contributed by atoms with Gasteiger partial charge < -0.3 is 19.3 Å². The van der Waals surface area contributed by atoms with Gasteiger partial charge in [-0.15, -0.1) is 0 Å². The van der Waals surface area contributed by atoms with Gasteiger partial charge in [-0.1, -0.05) is 136 Å². The minimum absolute atomic E-state index is 0.0116. The zero-order valence-corrected chi connectivity index (χ0v) is 35.4. The van der Waals surface area contributed by atoms with E-state index < -0.39 is 0 Å². The topological polar surface area (TPSA) is 62.3 Å². The monoisotopic (exact) mass is 736 g/mol. The number of unbranched alkanes of at least 4 members (excludes halogenated alkanes) is 20. The van der Waals surface area contributed by atoms with Crippen LogP contribution in [0.5, 0.6) is 0 Å². The molecule has 0 radical (unpaired) electrons. The van der Waals surface area contributed by atoms with Gasteiger partial charge in [0.15, 0.2) is 0 Å². The van der Waals surface area contributed by atoms with Crippen LogP contribution in [0.25, 0.3) is 0 Å². The van der Waals surface area contributed by atoms with Crippen molar-refractivity contribution in [2.45, 2.75) is 213 Å². The van der Waals surface area contributed by atoms with Gasteiger partial charge in [0, 0.05) is 52.1 Å². The Bertz CT molecular complexity index is 789. The molecule has 1 heterocycles. The number of hydrogen-bond donors (Lipinski definition) is 0. The van der Waals surface area contributed by atoms with Gasteiger partial charge in [0.05, 0.1) is 6.61 Å². The molecule has 0 N–H and O–H groups in total. The van der Waals surface area contributed by atoms with Crippen molar-refractivity contribution in [1.29, 1.82) is 0 Å². The maximum absolute atomic E-state index is 12.8. The van der Waals surface area contributed by atoms with Crippen molar-refractivity contribution in [2.75, 3.05) is 66.0 Å². The van der Waals surface area contributed by atoms with Gasteiger partial charge in [-0.3, -0.25) is 14.5 Å². The first kappa shape index (κ1) is 48.8. The highest BCUT2D eigenvalue weighted by atomic mass is 16.5. The molecule has 1 rings (SSSR count). The summed E-state index contributed by atoms with van der Waals surface area (Å²) in [6.45, 7) is 16.8. The van der Waals surface area contributed by atoms with Gasteiger partial charge in [0.25, 0.3) is 0 Å². The number of likely N-dealkylation sites (N-methyl/N-ethyl adjacent to an activating group) is 1. The lowest BCUT2D eigenvalue weighted by molar-refractivity contribution is -0.150. The number of esters is 2. The molecule has 0 aromatic rings. The van der Waals surface area contributed by atoms with Crippen LogP contribution in [0.3, 0.4) is 0 Å². The highest BCUT2D eigenvalue weighted by Gasteiger charge is 2.16. The summed E-state index contributed by atoms with van der Waals surface area (Å²) in [5.41, 5.74) is 0. The average molecular weight is 736 g/mol. The van der Waals surface area contributed by atoms with Crippen molar-refractivity contribution in [3.05, 3.63) is 0 Å². The zero-order chi connectivity index (χ0) is 37.7. The molecule has 1 atom stereocenters.